The van der Waals surface area contributed by atoms with Crippen LogP contribution in [0.1, 0.15) is 37.9 Å². The predicted octanol–water partition coefficient (Wildman–Crippen LogP) is 2.40. The molecule has 9 nitrogen and oxygen atoms in total. The second kappa shape index (κ2) is 16.0. The Bertz CT molecular complexity index is 926. The molecule has 0 bridgehead atoms. The van der Waals surface area contributed by atoms with Gasteiger partial charge in [-0.3, -0.25) is 14.5 Å². The number of carbonyl (C=O) groups excluding carboxylic acids is 3. The first kappa shape index (κ1) is 29.4. The molecule has 2 amide bonds. The summed E-state index contributed by atoms with van der Waals surface area (Å²) in [4.78, 5) is 47.0. The summed E-state index contributed by atoms with van der Waals surface area (Å²) in [5.74, 6) is 0.104. The van der Waals surface area contributed by atoms with E-state index in [1.165, 1.54) is 7.11 Å². The molecule has 2 aromatic rings. The Morgan fingerprint density at radius 2 is 1.92 bits per heavy atom. The molecule has 10 heteroatoms. The predicted molar refractivity (Wildman–Crippen MR) is 142 cm³/mol. The first-order chi connectivity index (χ1) is 17.4. The monoisotopic (exact) mass is 517 g/mol. The summed E-state index contributed by atoms with van der Waals surface area (Å²) in [5, 5.41) is 5.99. The highest BCUT2D eigenvalue weighted by Crippen LogP contribution is 2.13. The van der Waals surface area contributed by atoms with E-state index in [1.807, 2.05) is 41.5 Å². The highest BCUT2D eigenvalue weighted by molar-refractivity contribution is 7.98. The van der Waals surface area contributed by atoms with E-state index in [1.54, 1.807) is 24.3 Å². The number of aromatic nitrogens is 2. The number of hydrogen-bond acceptors (Lipinski definition) is 7. The minimum atomic E-state index is -0.688. The van der Waals surface area contributed by atoms with Gasteiger partial charge in [0, 0.05) is 25.3 Å². The van der Waals surface area contributed by atoms with Crippen molar-refractivity contribution in [1.82, 2.24) is 25.5 Å². The molecule has 3 atom stereocenters. The second-order valence-corrected chi connectivity index (χ2v) is 9.86. The number of hydrogen-bond donors (Lipinski definition) is 3. The zero-order valence-corrected chi connectivity index (χ0v) is 22.5. The molecule has 0 fully saturated rings. The molecule has 36 heavy (non-hydrogen) atoms. The number of imidazole rings is 1. The number of carbonyl (C=O) groups is 3. The van der Waals surface area contributed by atoms with Crippen molar-refractivity contribution in [1.29, 1.82) is 0 Å². The van der Waals surface area contributed by atoms with Gasteiger partial charge in [-0.25, -0.2) is 9.78 Å². The smallest absolute Gasteiger partial charge is 0.328 e. The van der Waals surface area contributed by atoms with Crippen LogP contribution in [0.25, 0.3) is 0 Å². The van der Waals surface area contributed by atoms with Gasteiger partial charge in [-0.05, 0) is 29.9 Å². The number of thioether (sulfide) groups is 1. The van der Waals surface area contributed by atoms with Gasteiger partial charge in [0.05, 0.1) is 32.1 Å². The zero-order chi connectivity index (χ0) is 26.3. The number of esters is 1. The summed E-state index contributed by atoms with van der Waals surface area (Å²) >= 11 is 1.61. The SMILES string of the molecule is CCC(C)C(CN(CC(=O)NC(CCSC)C(=O)OC)Cc1ccccc1)NC(=O)Cc1c[nH]cn1. The Labute approximate surface area is 218 Å². The van der Waals surface area contributed by atoms with Crippen LogP contribution in [0.5, 0.6) is 0 Å². The van der Waals surface area contributed by atoms with Crippen molar-refractivity contribution >= 4 is 29.5 Å². The van der Waals surface area contributed by atoms with Crippen LogP contribution in [-0.2, 0) is 32.1 Å². The maximum absolute atomic E-state index is 13.0. The van der Waals surface area contributed by atoms with Gasteiger partial charge in [0.25, 0.3) is 0 Å². The number of aromatic amines is 1. The maximum Gasteiger partial charge on any atom is 0.328 e. The molecule has 0 aliphatic rings. The van der Waals surface area contributed by atoms with Crippen molar-refractivity contribution in [2.24, 2.45) is 5.92 Å². The summed E-state index contributed by atoms with van der Waals surface area (Å²) in [5.41, 5.74) is 1.73. The topological polar surface area (TPSA) is 116 Å². The molecule has 1 aromatic carbocycles. The van der Waals surface area contributed by atoms with E-state index in [0.717, 1.165) is 17.7 Å². The molecule has 0 aliphatic carbocycles. The Kier molecular flexibility index (Phi) is 13.1. The lowest BCUT2D eigenvalue weighted by atomic mass is 9.98. The van der Waals surface area contributed by atoms with E-state index in [2.05, 4.69) is 34.4 Å². The summed E-state index contributed by atoms with van der Waals surface area (Å²) in [6.07, 6.45) is 6.77. The molecule has 3 N–H and O–H groups in total. The van der Waals surface area contributed by atoms with Crippen LogP contribution in [0.2, 0.25) is 0 Å². The third-order valence-electron chi connectivity index (χ3n) is 6.08. The van der Waals surface area contributed by atoms with Gasteiger partial charge >= 0.3 is 5.97 Å². The second-order valence-electron chi connectivity index (χ2n) is 8.88. The Morgan fingerprint density at radius 3 is 2.53 bits per heavy atom. The van der Waals surface area contributed by atoms with Crippen LogP contribution >= 0.6 is 11.8 Å². The van der Waals surface area contributed by atoms with Crippen molar-refractivity contribution in [2.45, 2.75) is 51.7 Å². The first-order valence-electron chi connectivity index (χ1n) is 12.3. The number of methoxy groups -OCH3 is 1. The van der Waals surface area contributed by atoms with E-state index < -0.39 is 12.0 Å². The average molecular weight is 518 g/mol. The summed E-state index contributed by atoms with van der Waals surface area (Å²) in [6, 6.07) is 9.04. The minimum absolute atomic E-state index is 0.0871. The molecule has 0 saturated carbocycles. The number of nitrogens with one attached hydrogen (secondary N) is 3. The van der Waals surface area contributed by atoms with Gasteiger partial charge in [0.2, 0.25) is 11.8 Å². The van der Waals surface area contributed by atoms with E-state index in [9.17, 15) is 14.4 Å². The summed E-state index contributed by atoms with van der Waals surface area (Å²) in [7, 11) is 1.32. The minimum Gasteiger partial charge on any atom is -0.467 e. The number of nitrogens with zero attached hydrogens (tertiary/aromatic N) is 2. The van der Waals surface area contributed by atoms with E-state index >= 15 is 0 Å². The van der Waals surface area contributed by atoms with Crippen molar-refractivity contribution in [3.63, 3.8) is 0 Å². The van der Waals surface area contributed by atoms with Crippen LogP contribution in [0.15, 0.2) is 42.9 Å². The van der Waals surface area contributed by atoms with Gasteiger partial charge in [-0.15, -0.1) is 0 Å². The molecule has 198 valence electrons. The Morgan fingerprint density at radius 1 is 1.17 bits per heavy atom. The molecule has 2 rings (SSSR count). The van der Waals surface area contributed by atoms with Crippen LogP contribution in [0, 0.1) is 5.92 Å². The van der Waals surface area contributed by atoms with E-state index in [0.29, 0.717) is 25.2 Å². The lowest BCUT2D eigenvalue weighted by molar-refractivity contribution is -0.145. The van der Waals surface area contributed by atoms with Gasteiger partial charge in [0.15, 0.2) is 0 Å². The molecule has 0 aliphatic heterocycles. The molecule has 0 saturated heterocycles. The van der Waals surface area contributed by atoms with Gasteiger partial charge < -0.3 is 20.4 Å². The largest absolute Gasteiger partial charge is 0.467 e. The summed E-state index contributed by atoms with van der Waals surface area (Å²) in [6.45, 7) is 5.28. The number of H-pyrrole nitrogens is 1. The number of ether oxygens (including phenoxy) is 1. The highest BCUT2D eigenvalue weighted by Gasteiger charge is 2.26. The number of amides is 2. The third kappa shape index (κ3) is 10.4. The fourth-order valence-electron chi connectivity index (χ4n) is 3.84. The normalized spacial score (nSPS) is 13.6. The summed E-state index contributed by atoms with van der Waals surface area (Å²) < 4.78 is 4.88. The molecule has 1 heterocycles. The van der Waals surface area contributed by atoms with Crippen LogP contribution in [0.3, 0.4) is 0 Å². The van der Waals surface area contributed by atoms with Gasteiger partial charge in [-0.1, -0.05) is 50.6 Å². The van der Waals surface area contributed by atoms with Gasteiger partial charge in [-0.2, -0.15) is 11.8 Å². The van der Waals surface area contributed by atoms with E-state index in [4.69, 9.17) is 4.74 Å². The third-order valence-corrected chi connectivity index (χ3v) is 6.72. The number of rotatable bonds is 16. The lowest BCUT2D eigenvalue weighted by Gasteiger charge is -2.31. The molecular formula is C26H39N5O4S. The molecule has 0 radical (unpaired) electrons. The quantitative estimate of drug-likeness (QED) is 0.293. The number of benzene rings is 1. The Hall–Kier alpha value is -2.85. The molecule has 0 spiro atoms. The fraction of sp³-hybridized carbons (Fsp3) is 0.538. The molecule has 1 aromatic heterocycles. The van der Waals surface area contributed by atoms with E-state index in [-0.39, 0.29) is 36.7 Å². The highest BCUT2D eigenvalue weighted by atomic mass is 32.2. The van der Waals surface area contributed by atoms with Crippen molar-refractivity contribution in [3.05, 3.63) is 54.1 Å². The lowest BCUT2D eigenvalue weighted by Crippen LogP contribution is -2.51. The molecule has 3 unspecified atom stereocenters. The maximum atomic E-state index is 13.0. The Balaban J connectivity index is 2.14. The van der Waals surface area contributed by atoms with Crippen molar-refractivity contribution in [3.8, 4) is 0 Å². The molecular weight excluding hydrogens is 478 g/mol. The van der Waals surface area contributed by atoms with Crippen molar-refractivity contribution < 1.29 is 19.1 Å². The first-order valence-corrected chi connectivity index (χ1v) is 13.6. The van der Waals surface area contributed by atoms with Crippen molar-refractivity contribution in [2.75, 3.05) is 32.2 Å². The van der Waals surface area contributed by atoms with Crippen LogP contribution in [0.4, 0.5) is 0 Å². The van der Waals surface area contributed by atoms with Crippen LogP contribution in [-0.4, -0.2) is 76.9 Å². The van der Waals surface area contributed by atoms with Crippen LogP contribution < -0.4 is 10.6 Å². The van der Waals surface area contributed by atoms with Gasteiger partial charge in [0.1, 0.15) is 6.04 Å². The average Bonchev–Trinajstić information content (AvgIpc) is 3.38. The zero-order valence-electron chi connectivity index (χ0n) is 21.7. The standard InChI is InChI=1S/C26H39N5O4S/c1-5-19(2)23(30-24(32)13-21-14-27-18-28-21)16-31(15-20-9-7-6-8-10-20)17-25(33)29-22(11-12-36-4)26(34)35-3/h6-10,14,18-19,22-23H,5,11-13,15-17H2,1-4H3,(H,27,28)(H,29,33)(H,30,32). The fourth-order valence-corrected chi connectivity index (χ4v) is 4.31.